The second-order valence-electron chi connectivity index (χ2n) is 3.70. The minimum absolute atomic E-state index is 0.203. The Morgan fingerprint density at radius 2 is 2.20 bits per heavy atom. The molecule has 0 fully saturated rings. The van der Waals surface area contributed by atoms with Gasteiger partial charge in [0, 0.05) is 12.6 Å². The van der Waals surface area contributed by atoms with Crippen molar-refractivity contribution >= 4 is 23.3 Å². The smallest absolute Gasteiger partial charge is 0.224 e. The molecule has 2 rings (SSSR count). The van der Waals surface area contributed by atoms with Crippen molar-refractivity contribution in [2.24, 2.45) is 0 Å². The summed E-state index contributed by atoms with van der Waals surface area (Å²) in [7, 11) is 0. The lowest BCUT2D eigenvalue weighted by Crippen LogP contribution is -2.34. The Hall–Kier alpha value is -1.72. The number of rotatable bonds is 2. The van der Waals surface area contributed by atoms with Gasteiger partial charge in [-0.15, -0.1) is 0 Å². The van der Waals surface area contributed by atoms with Crippen molar-refractivity contribution in [2.75, 3.05) is 28.6 Å². The first-order valence-corrected chi connectivity index (χ1v) is 5.14. The van der Waals surface area contributed by atoms with Gasteiger partial charge in [-0.3, -0.25) is 0 Å². The van der Waals surface area contributed by atoms with Crippen LogP contribution in [-0.2, 0) is 0 Å². The number of hydrogen-bond acceptors (Lipinski definition) is 6. The Balaban J connectivity index is 2.25. The summed E-state index contributed by atoms with van der Waals surface area (Å²) >= 11 is 0. The molecule has 0 spiro atoms. The van der Waals surface area contributed by atoms with Crippen LogP contribution in [0.2, 0.25) is 0 Å². The number of nitrogens with zero attached hydrogens (tertiary/aromatic N) is 2. The van der Waals surface area contributed by atoms with E-state index in [1.54, 1.807) is 0 Å². The van der Waals surface area contributed by atoms with Crippen LogP contribution in [0.3, 0.4) is 0 Å². The zero-order valence-corrected chi connectivity index (χ0v) is 8.75. The van der Waals surface area contributed by atoms with E-state index in [9.17, 15) is 0 Å². The zero-order valence-electron chi connectivity index (χ0n) is 8.75. The Bertz CT molecular complexity index is 364. The number of nitrogens with one attached hydrogen (secondary N) is 2. The van der Waals surface area contributed by atoms with Crippen LogP contribution in [0.1, 0.15) is 19.8 Å². The maximum Gasteiger partial charge on any atom is 0.224 e. The number of nitrogens with two attached hydrogens (primary N) is 2. The SMILES string of the molecule is CCC[C@@H]1CNc2nc(N)nc(N)c2N1. The number of aromatic nitrogens is 2. The molecule has 0 bridgehead atoms. The van der Waals surface area contributed by atoms with Crippen LogP contribution in [0.5, 0.6) is 0 Å². The first-order chi connectivity index (χ1) is 7.20. The Morgan fingerprint density at radius 1 is 1.40 bits per heavy atom. The average Bonchev–Trinajstić information content (AvgIpc) is 2.19. The van der Waals surface area contributed by atoms with Crippen molar-refractivity contribution in [3.63, 3.8) is 0 Å². The maximum absolute atomic E-state index is 5.77. The molecule has 0 amide bonds. The minimum atomic E-state index is 0.203. The molecule has 1 aliphatic rings. The summed E-state index contributed by atoms with van der Waals surface area (Å²) in [6, 6.07) is 0.386. The molecule has 6 nitrogen and oxygen atoms in total. The zero-order chi connectivity index (χ0) is 10.8. The van der Waals surface area contributed by atoms with Gasteiger partial charge in [-0.25, -0.2) is 0 Å². The molecule has 0 unspecified atom stereocenters. The topological polar surface area (TPSA) is 102 Å². The standard InChI is InChI=1S/C9H16N6/c1-2-3-5-4-12-8-6(13-5)7(10)14-9(11)15-8/h5,13H,2-4H2,1H3,(H5,10,11,12,14,15)/t5-/m1/s1. The van der Waals surface area contributed by atoms with Gasteiger partial charge in [0.2, 0.25) is 5.95 Å². The van der Waals surface area contributed by atoms with E-state index in [-0.39, 0.29) is 5.95 Å². The highest BCUT2D eigenvalue weighted by atomic mass is 15.2. The normalized spacial score (nSPS) is 18.9. The average molecular weight is 208 g/mol. The first-order valence-electron chi connectivity index (χ1n) is 5.14. The van der Waals surface area contributed by atoms with E-state index in [1.165, 1.54) is 0 Å². The Labute approximate surface area is 88.5 Å². The lowest BCUT2D eigenvalue weighted by atomic mass is 10.1. The van der Waals surface area contributed by atoms with Gasteiger partial charge in [0.05, 0.1) is 0 Å². The van der Waals surface area contributed by atoms with Crippen molar-refractivity contribution in [1.29, 1.82) is 0 Å². The van der Waals surface area contributed by atoms with Gasteiger partial charge in [0.15, 0.2) is 11.6 Å². The molecule has 0 saturated carbocycles. The monoisotopic (exact) mass is 208 g/mol. The minimum Gasteiger partial charge on any atom is -0.382 e. The lowest BCUT2D eigenvalue weighted by Gasteiger charge is -2.27. The molecular weight excluding hydrogens is 192 g/mol. The molecule has 2 heterocycles. The summed E-state index contributed by atoms with van der Waals surface area (Å²) in [6.45, 7) is 3.00. The number of fused-ring (bicyclic) bond motifs is 1. The quantitative estimate of drug-likeness (QED) is 0.569. The molecule has 15 heavy (non-hydrogen) atoms. The molecule has 0 saturated heterocycles. The maximum atomic E-state index is 5.77. The van der Waals surface area contributed by atoms with Crippen LogP contribution >= 0.6 is 0 Å². The van der Waals surface area contributed by atoms with Crippen molar-refractivity contribution in [3.05, 3.63) is 0 Å². The van der Waals surface area contributed by atoms with E-state index < -0.39 is 0 Å². The van der Waals surface area contributed by atoms with Crippen molar-refractivity contribution in [3.8, 4) is 0 Å². The summed E-state index contributed by atoms with van der Waals surface area (Å²) in [5.74, 6) is 1.31. The summed E-state index contributed by atoms with van der Waals surface area (Å²) in [5, 5.41) is 6.53. The fourth-order valence-electron chi connectivity index (χ4n) is 1.76. The van der Waals surface area contributed by atoms with E-state index in [0.29, 0.717) is 17.7 Å². The Morgan fingerprint density at radius 3 is 2.93 bits per heavy atom. The van der Waals surface area contributed by atoms with Crippen LogP contribution in [0, 0.1) is 0 Å². The number of anilines is 4. The second kappa shape index (κ2) is 3.80. The molecule has 0 radical (unpaired) electrons. The van der Waals surface area contributed by atoms with Gasteiger partial charge < -0.3 is 22.1 Å². The molecule has 1 aromatic heterocycles. The van der Waals surface area contributed by atoms with Crippen LogP contribution in [0.25, 0.3) is 0 Å². The van der Waals surface area contributed by atoms with E-state index in [1.807, 2.05) is 0 Å². The van der Waals surface area contributed by atoms with Crippen molar-refractivity contribution in [1.82, 2.24) is 9.97 Å². The number of nitrogen functional groups attached to an aromatic ring is 2. The van der Waals surface area contributed by atoms with Gasteiger partial charge in [-0.05, 0) is 6.42 Å². The van der Waals surface area contributed by atoms with Gasteiger partial charge >= 0.3 is 0 Å². The van der Waals surface area contributed by atoms with Gasteiger partial charge in [-0.2, -0.15) is 9.97 Å². The third-order valence-corrected chi connectivity index (χ3v) is 2.46. The molecule has 1 atom stereocenters. The Kier molecular flexibility index (Phi) is 2.49. The fourth-order valence-corrected chi connectivity index (χ4v) is 1.76. The predicted molar refractivity (Wildman–Crippen MR) is 61.7 cm³/mol. The molecule has 0 aliphatic carbocycles. The fraction of sp³-hybridized carbons (Fsp3) is 0.556. The summed E-state index contributed by atoms with van der Waals surface area (Å²) in [4.78, 5) is 8.01. The summed E-state index contributed by atoms with van der Waals surface area (Å²) < 4.78 is 0. The van der Waals surface area contributed by atoms with Crippen LogP contribution in [-0.4, -0.2) is 22.6 Å². The third-order valence-electron chi connectivity index (χ3n) is 2.46. The molecular formula is C9H16N6. The van der Waals surface area contributed by atoms with Crippen molar-refractivity contribution < 1.29 is 0 Å². The molecule has 0 aromatic carbocycles. The largest absolute Gasteiger partial charge is 0.382 e. The molecule has 1 aromatic rings. The van der Waals surface area contributed by atoms with E-state index in [2.05, 4.69) is 27.5 Å². The van der Waals surface area contributed by atoms with Crippen molar-refractivity contribution in [2.45, 2.75) is 25.8 Å². The highest BCUT2D eigenvalue weighted by Crippen LogP contribution is 2.30. The second-order valence-corrected chi connectivity index (χ2v) is 3.70. The summed E-state index contributed by atoms with van der Waals surface area (Å²) in [5.41, 5.74) is 12.0. The summed E-state index contributed by atoms with van der Waals surface area (Å²) in [6.07, 6.45) is 2.22. The molecule has 82 valence electrons. The van der Waals surface area contributed by atoms with Crippen LogP contribution in [0.15, 0.2) is 0 Å². The molecule has 1 aliphatic heterocycles. The molecule has 6 heteroatoms. The predicted octanol–water partition coefficient (Wildman–Crippen LogP) is 0.647. The third kappa shape index (κ3) is 1.88. The van der Waals surface area contributed by atoms with Crippen LogP contribution in [0.4, 0.5) is 23.3 Å². The van der Waals surface area contributed by atoms with Gasteiger partial charge in [0.1, 0.15) is 5.69 Å². The van der Waals surface area contributed by atoms with E-state index in [4.69, 9.17) is 11.5 Å². The van der Waals surface area contributed by atoms with Gasteiger partial charge in [-0.1, -0.05) is 13.3 Å². The highest BCUT2D eigenvalue weighted by Gasteiger charge is 2.20. The van der Waals surface area contributed by atoms with Crippen LogP contribution < -0.4 is 22.1 Å². The number of hydrogen-bond donors (Lipinski definition) is 4. The lowest BCUT2D eigenvalue weighted by molar-refractivity contribution is 0.653. The van der Waals surface area contributed by atoms with Gasteiger partial charge in [0.25, 0.3) is 0 Å². The first kappa shape index (κ1) is 9.82. The van der Waals surface area contributed by atoms with E-state index in [0.717, 1.165) is 25.1 Å². The molecule has 6 N–H and O–H groups in total. The van der Waals surface area contributed by atoms with E-state index >= 15 is 0 Å². The highest BCUT2D eigenvalue weighted by molar-refractivity contribution is 5.78.